The van der Waals surface area contributed by atoms with Crippen molar-refractivity contribution in [3.8, 4) is 22.3 Å². The van der Waals surface area contributed by atoms with E-state index in [2.05, 4.69) is 15.0 Å². The number of aromatic amines is 1. The standard InChI is InChI=1S/C23H19F3N4O2/c1-30(2)22(32)20(31)16-7-14(9-27-10-16)15-8-18-19(12-29-21(18)28-11-15)13-3-5-17(6-4-13)23(24,25)26/h3-12,20,31H,1-2H3,(H,28,29). The van der Waals surface area contributed by atoms with Crippen LogP contribution in [-0.4, -0.2) is 45.0 Å². The third kappa shape index (κ3) is 4.06. The van der Waals surface area contributed by atoms with Gasteiger partial charge in [0.15, 0.2) is 6.10 Å². The SMILES string of the molecule is CN(C)C(=O)C(O)c1cncc(-c2cnc3[nH]cc(-c4ccc(C(F)(F)F)cc4)c3c2)c1. The van der Waals surface area contributed by atoms with Crippen LogP contribution < -0.4 is 0 Å². The predicted molar refractivity (Wildman–Crippen MR) is 113 cm³/mol. The lowest BCUT2D eigenvalue weighted by atomic mass is 10.0. The van der Waals surface area contributed by atoms with Crippen molar-refractivity contribution < 1.29 is 23.1 Å². The number of carbonyl (C=O) groups excluding carboxylic acids is 1. The number of aromatic nitrogens is 3. The molecule has 4 rings (SSSR count). The number of likely N-dealkylation sites (N-methyl/N-ethyl adjacent to an activating group) is 1. The summed E-state index contributed by atoms with van der Waals surface area (Å²) in [5.41, 5.74) is 2.85. The molecule has 0 spiro atoms. The average molecular weight is 440 g/mol. The highest BCUT2D eigenvalue weighted by atomic mass is 19.4. The quantitative estimate of drug-likeness (QED) is 0.492. The summed E-state index contributed by atoms with van der Waals surface area (Å²) < 4.78 is 38.6. The second-order valence-electron chi connectivity index (χ2n) is 7.54. The van der Waals surface area contributed by atoms with Crippen molar-refractivity contribution in [2.45, 2.75) is 12.3 Å². The van der Waals surface area contributed by atoms with E-state index in [1.54, 1.807) is 38.8 Å². The molecule has 1 unspecified atom stereocenters. The van der Waals surface area contributed by atoms with Crippen molar-refractivity contribution in [1.29, 1.82) is 0 Å². The van der Waals surface area contributed by atoms with Crippen LogP contribution in [0, 0.1) is 0 Å². The molecule has 3 aromatic heterocycles. The molecule has 0 radical (unpaired) electrons. The fourth-order valence-corrected chi connectivity index (χ4v) is 3.39. The van der Waals surface area contributed by atoms with Crippen molar-refractivity contribution >= 4 is 16.9 Å². The van der Waals surface area contributed by atoms with Crippen molar-refractivity contribution in [2.24, 2.45) is 0 Å². The van der Waals surface area contributed by atoms with Crippen LogP contribution >= 0.6 is 0 Å². The largest absolute Gasteiger partial charge is 0.416 e. The molecule has 0 aliphatic rings. The molecule has 0 fully saturated rings. The number of rotatable bonds is 4. The van der Waals surface area contributed by atoms with Gasteiger partial charge in [-0.3, -0.25) is 9.78 Å². The molecule has 0 saturated heterocycles. The van der Waals surface area contributed by atoms with E-state index >= 15 is 0 Å². The molecule has 0 bridgehead atoms. The first-order valence-electron chi connectivity index (χ1n) is 9.64. The number of H-pyrrole nitrogens is 1. The summed E-state index contributed by atoms with van der Waals surface area (Å²) in [5.74, 6) is -0.465. The average Bonchev–Trinajstić information content (AvgIpc) is 3.21. The second kappa shape index (κ2) is 8.08. The molecule has 6 nitrogen and oxygen atoms in total. The number of pyridine rings is 2. The first-order valence-corrected chi connectivity index (χ1v) is 9.64. The maximum absolute atomic E-state index is 12.9. The topological polar surface area (TPSA) is 82.1 Å². The van der Waals surface area contributed by atoms with Gasteiger partial charge in [0.1, 0.15) is 5.65 Å². The normalized spacial score (nSPS) is 12.7. The molecule has 0 aliphatic heterocycles. The van der Waals surface area contributed by atoms with Crippen LogP contribution in [0.4, 0.5) is 13.2 Å². The van der Waals surface area contributed by atoms with Gasteiger partial charge in [0.25, 0.3) is 5.91 Å². The van der Waals surface area contributed by atoms with E-state index in [4.69, 9.17) is 0 Å². The zero-order valence-electron chi connectivity index (χ0n) is 17.2. The number of benzene rings is 1. The van der Waals surface area contributed by atoms with Crippen LogP contribution in [-0.2, 0) is 11.0 Å². The van der Waals surface area contributed by atoms with Crippen LogP contribution in [0.15, 0.2) is 61.2 Å². The molecular weight excluding hydrogens is 421 g/mol. The minimum absolute atomic E-state index is 0.346. The Bertz CT molecular complexity index is 1280. The van der Waals surface area contributed by atoms with Gasteiger partial charge in [0.05, 0.1) is 5.56 Å². The number of fused-ring (bicyclic) bond motifs is 1. The first kappa shape index (κ1) is 21.5. The van der Waals surface area contributed by atoms with Gasteiger partial charge in [0.2, 0.25) is 0 Å². The highest BCUT2D eigenvalue weighted by Crippen LogP contribution is 2.34. The van der Waals surface area contributed by atoms with E-state index in [1.807, 2.05) is 6.07 Å². The maximum Gasteiger partial charge on any atom is 0.416 e. The summed E-state index contributed by atoms with van der Waals surface area (Å²) >= 11 is 0. The highest BCUT2D eigenvalue weighted by Gasteiger charge is 2.30. The smallest absolute Gasteiger partial charge is 0.378 e. The molecule has 3 heterocycles. The van der Waals surface area contributed by atoms with E-state index in [-0.39, 0.29) is 0 Å². The molecule has 1 aromatic carbocycles. The Morgan fingerprint density at radius 3 is 2.38 bits per heavy atom. The third-order valence-electron chi connectivity index (χ3n) is 5.14. The Morgan fingerprint density at radius 1 is 1.03 bits per heavy atom. The Kier molecular flexibility index (Phi) is 5.43. The number of hydrogen-bond acceptors (Lipinski definition) is 4. The fourth-order valence-electron chi connectivity index (χ4n) is 3.39. The van der Waals surface area contributed by atoms with E-state index in [1.165, 1.54) is 23.2 Å². The lowest BCUT2D eigenvalue weighted by molar-refractivity contribution is -0.138. The Balaban J connectivity index is 1.72. The summed E-state index contributed by atoms with van der Waals surface area (Å²) in [4.78, 5) is 24.9. The molecule has 1 amide bonds. The Morgan fingerprint density at radius 2 is 1.72 bits per heavy atom. The predicted octanol–water partition coefficient (Wildman–Crippen LogP) is 4.43. The first-order chi connectivity index (χ1) is 15.1. The molecule has 1 atom stereocenters. The number of nitrogens with one attached hydrogen (secondary N) is 1. The summed E-state index contributed by atoms with van der Waals surface area (Å²) in [6, 6.07) is 8.43. The van der Waals surface area contributed by atoms with Crippen LogP contribution in [0.1, 0.15) is 17.2 Å². The van der Waals surface area contributed by atoms with Crippen molar-refractivity contribution in [3.05, 3.63) is 72.3 Å². The zero-order chi connectivity index (χ0) is 23.0. The van der Waals surface area contributed by atoms with Gasteiger partial charge in [-0.1, -0.05) is 12.1 Å². The molecule has 4 aromatic rings. The number of aliphatic hydroxyl groups excluding tert-OH is 1. The molecule has 164 valence electrons. The number of alkyl halides is 3. The number of aliphatic hydroxyl groups is 1. The van der Waals surface area contributed by atoms with Crippen molar-refractivity contribution in [3.63, 3.8) is 0 Å². The van der Waals surface area contributed by atoms with Crippen LogP contribution in [0.5, 0.6) is 0 Å². The van der Waals surface area contributed by atoms with Gasteiger partial charge in [-0.05, 0) is 29.8 Å². The summed E-state index contributed by atoms with van der Waals surface area (Å²) in [6.45, 7) is 0. The van der Waals surface area contributed by atoms with Gasteiger partial charge in [-0.2, -0.15) is 13.2 Å². The lowest BCUT2D eigenvalue weighted by Gasteiger charge is -2.16. The van der Waals surface area contributed by atoms with E-state index in [9.17, 15) is 23.1 Å². The molecule has 32 heavy (non-hydrogen) atoms. The number of amides is 1. The minimum Gasteiger partial charge on any atom is -0.378 e. The molecule has 9 heteroatoms. The molecule has 0 aliphatic carbocycles. The third-order valence-corrected chi connectivity index (χ3v) is 5.14. The van der Waals surface area contributed by atoms with Crippen LogP contribution in [0.2, 0.25) is 0 Å². The minimum atomic E-state index is -4.40. The molecular formula is C23H19F3N4O2. The van der Waals surface area contributed by atoms with E-state index in [0.717, 1.165) is 17.5 Å². The summed E-state index contributed by atoms with van der Waals surface area (Å²) in [6.07, 6.45) is 0.581. The zero-order valence-corrected chi connectivity index (χ0v) is 17.2. The van der Waals surface area contributed by atoms with Crippen molar-refractivity contribution in [1.82, 2.24) is 19.9 Å². The Labute approximate surface area is 181 Å². The monoisotopic (exact) mass is 440 g/mol. The van der Waals surface area contributed by atoms with E-state index in [0.29, 0.717) is 33.5 Å². The van der Waals surface area contributed by atoms with Gasteiger partial charge in [-0.15, -0.1) is 0 Å². The summed E-state index contributed by atoms with van der Waals surface area (Å²) in [7, 11) is 3.10. The Hall–Kier alpha value is -3.72. The van der Waals surface area contributed by atoms with Gasteiger partial charge in [-0.25, -0.2) is 4.98 Å². The van der Waals surface area contributed by atoms with Crippen LogP contribution in [0.25, 0.3) is 33.3 Å². The number of hydrogen-bond donors (Lipinski definition) is 2. The molecule has 0 saturated carbocycles. The number of nitrogens with zero attached hydrogens (tertiary/aromatic N) is 3. The fraction of sp³-hybridized carbons (Fsp3) is 0.174. The summed E-state index contributed by atoms with van der Waals surface area (Å²) in [5, 5.41) is 11.0. The number of halogens is 3. The van der Waals surface area contributed by atoms with Gasteiger partial charge in [0, 0.05) is 66.5 Å². The second-order valence-corrected chi connectivity index (χ2v) is 7.54. The lowest BCUT2D eigenvalue weighted by Crippen LogP contribution is -2.28. The van der Waals surface area contributed by atoms with Crippen LogP contribution in [0.3, 0.4) is 0 Å². The highest BCUT2D eigenvalue weighted by molar-refractivity contribution is 5.95. The number of carbonyl (C=O) groups is 1. The van der Waals surface area contributed by atoms with E-state index < -0.39 is 23.8 Å². The van der Waals surface area contributed by atoms with Gasteiger partial charge < -0.3 is 15.0 Å². The maximum atomic E-state index is 12.9. The van der Waals surface area contributed by atoms with Gasteiger partial charge >= 0.3 is 6.18 Å². The van der Waals surface area contributed by atoms with Crippen molar-refractivity contribution in [2.75, 3.05) is 14.1 Å². The molecule has 2 N–H and O–H groups in total.